The molecule has 0 atom stereocenters. The molecule has 4 rings (SSSR count). The van der Waals surface area contributed by atoms with Crippen LogP contribution in [0.25, 0.3) is 16.5 Å². The van der Waals surface area contributed by atoms with Gasteiger partial charge in [0.15, 0.2) is 0 Å². The van der Waals surface area contributed by atoms with Crippen molar-refractivity contribution in [3.63, 3.8) is 0 Å². The van der Waals surface area contributed by atoms with E-state index in [2.05, 4.69) is 36.6 Å². The Balaban J connectivity index is 1.33. The maximum atomic E-state index is 12.3. The molecule has 12 heteroatoms. The first-order valence-electron chi connectivity index (χ1n) is 9.54. The van der Waals surface area contributed by atoms with Crippen LogP contribution in [0.5, 0.6) is 0 Å². The molecular formula is C20H18N8O3S. The van der Waals surface area contributed by atoms with Crippen molar-refractivity contribution in [3.05, 3.63) is 70.1 Å². The lowest BCUT2D eigenvalue weighted by molar-refractivity contribution is -0.127. The van der Waals surface area contributed by atoms with Gasteiger partial charge in [0, 0.05) is 5.39 Å². The summed E-state index contributed by atoms with van der Waals surface area (Å²) in [6.07, 6.45) is -0.115. The number of H-pyrrole nitrogens is 1. The van der Waals surface area contributed by atoms with E-state index in [0.717, 1.165) is 23.0 Å². The maximum Gasteiger partial charge on any atom is 0.272 e. The number of para-hydroxylation sites is 1. The van der Waals surface area contributed by atoms with Crippen LogP contribution in [0.3, 0.4) is 0 Å². The number of rotatable bonds is 6. The van der Waals surface area contributed by atoms with E-state index < -0.39 is 11.8 Å². The lowest BCUT2D eigenvalue weighted by Crippen LogP contribution is -2.43. The summed E-state index contributed by atoms with van der Waals surface area (Å²) in [7, 11) is 0. The van der Waals surface area contributed by atoms with Crippen molar-refractivity contribution in [3.8, 4) is 5.69 Å². The van der Waals surface area contributed by atoms with E-state index in [1.807, 2.05) is 31.2 Å². The van der Waals surface area contributed by atoms with Gasteiger partial charge in [-0.05, 0) is 35.0 Å². The van der Waals surface area contributed by atoms with Crippen molar-refractivity contribution in [2.45, 2.75) is 18.5 Å². The Morgan fingerprint density at radius 2 is 1.75 bits per heavy atom. The van der Waals surface area contributed by atoms with Crippen LogP contribution in [0.15, 0.2) is 58.5 Å². The summed E-state index contributed by atoms with van der Waals surface area (Å²) in [5.41, 5.74) is 6.58. The second-order valence-corrected chi connectivity index (χ2v) is 7.71. The van der Waals surface area contributed by atoms with Gasteiger partial charge < -0.3 is 0 Å². The highest BCUT2D eigenvalue weighted by Gasteiger charge is 2.14. The monoisotopic (exact) mass is 450 g/mol. The molecule has 0 saturated heterocycles. The third-order valence-electron chi connectivity index (χ3n) is 4.56. The van der Waals surface area contributed by atoms with E-state index in [0.29, 0.717) is 21.6 Å². The number of aromatic nitrogens is 6. The van der Waals surface area contributed by atoms with Gasteiger partial charge in [-0.1, -0.05) is 48.2 Å². The molecule has 11 nitrogen and oxygen atoms in total. The summed E-state index contributed by atoms with van der Waals surface area (Å²) >= 11 is 1.14. The molecule has 0 aliphatic heterocycles. The smallest absolute Gasteiger partial charge is 0.272 e. The van der Waals surface area contributed by atoms with Crippen molar-refractivity contribution in [1.82, 2.24) is 41.3 Å². The minimum absolute atomic E-state index is 0.00757. The number of aromatic amines is 1. The molecular weight excluding hydrogens is 432 g/mol. The molecule has 0 unspecified atom stereocenters. The second kappa shape index (κ2) is 9.39. The standard InChI is InChI=1S/C20H18N8O3S/c1-12-6-2-5-9-16(12)28-20(25-26-27-28)32-11-18(30)23-22-17(29)10-15-13-7-3-4-8-14(13)19(31)24-21-15/h2-9H,10-11H2,1H3,(H,22,29)(H,23,30)(H,24,31). The van der Waals surface area contributed by atoms with Gasteiger partial charge in [-0.15, -0.1) is 5.10 Å². The Labute approximate surface area is 185 Å². The van der Waals surface area contributed by atoms with Crippen LogP contribution >= 0.6 is 11.8 Å². The first-order chi connectivity index (χ1) is 15.5. The van der Waals surface area contributed by atoms with Crippen LogP contribution in [-0.2, 0) is 16.0 Å². The minimum Gasteiger partial charge on any atom is -0.273 e. The maximum absolute atomic E-state index is 12.3. The second-order valence-electron chi connectivity index (χ2n) is 6.77. The third-order valence-corrected chi connectivity index (χ3v) is 5.48. The molecule has 0 radical (unpaired) electrons. The Morgan fingerprint density at radius 1 is 1.03 bits per heavy atom. The number of aryl methyl sites for hydroxylation is 1. The number of nitrogens with one attached hydrogen (secondary N) is 3. The van der Waals surface area contributed by atoms with Crippen molar-refractivity contribution in [2.75, 3.05) is 5.75 Å². The molecule has 4 aromatic rings. The zero-order valence-electron chi connectivity index (χ0n) is 16.9. The number of carbonyl (C=O) groups excluding carboxylic acids is 2. The van der Waals surface area contributed by atoms with E-state index >= 15 is 0 Å². The summed E-state index contributed by atoms with van der Waals surface area (Å²) in [5.74, 6) is -0.911. The predicted molar refractivity (Wildman–Crippen MR) is 117 cm³/mol. The number of hydrazine groups is 1. The average Bonchev–Trinajstić information content (AvgIpc) is 3.27. The molecule has 2 aromatic carbocycles. The first kappa shape index (κ1) is 21.2. The summed E-state index contributed by atoms with van der Waals surface area (Å²) in [5, 5.41) is 19.4. The summed E-state index contributed by atoms with van der Waals surface area (Å²) < 4.78 is 1.55. The number of hydrogen-bond donors (Lipinski definition) is 3. The number of tetrazole rings is 1. The Hall–Kier alpha value is -4.06. The van der Waals surface area contributed by atoms with Gasteiger partial charge in [0.25, 0.3) is 5.56 Å². The number of benzene rings is 2. The Kier molecular flexibility index (Phi) is 6.22. The molecule has 2 heterocycles. The average molecular weight is 450 g/mol. The van der Waals surface area contributed by atoms with Crippen LogP contribution < -0.4 is 16.4 Å². The Bertz CT molecular complexity index is 1350. The lowest BCUT2D eigenvalue weighted by atomic mass is 10.1. The molecule has 162 valence electrons. The number of amides is 2. The van der Waals surface area contributed by atoms with Gasteiger partial charge in [0.05, 0.1) is 28.9 Å². The van der Waals surface area contributed by atoms with Crippen molar-refractivity contribution < 1.29 is 9.59 Å². The topological polar surface area (TPSA) is 148 Å². The van der Waals surface area contributed by atoms with Crippen LogP contribution in [0.4, 0.5) is 0 Å². The summed E-state index contributed by atoms with van der Waals surface area (Å²) in [6, 6.07) is 14.5. The van der Waals surface area contributed by atoms with Gasteiger partial charge in [-0.2, -0.15) is 9.78 Å². The quantitative estimate of drug-likeness (QED) is 0.287. The van der Waals surface area contributed by atoms with E-state index in [-0.39, 0.29) is 17.7 Å². The van der Waals surface area contributed by atoms with Gasteiger partial charge >= 0.3 is 0 Å². The van der Waals surface area contributed by atoms with Crippen LogP contribution in [0.2, 0.25) is 0 Å². The number of fused-ring (bicyclic) bond motifs is 1. The minimum atomic E-state index is -0.474. The number of nitrogens with zero attached hydrogens (tertiary/aromatic N) is 5. The molecule has 2 amide bonds. The molecule has 3 N–H and O–H groups in total. The fraction of sp³-hybridized carbons (Fsp3) is 0.150. The predicted octanol–water partition coefficient (Wildman–Crippen LogP) is 0.689. The molecule has 0 bridgehead atoms. The number of carbonyl (C=O) groups is 2. The van der Waals surface area contributed by atoms with E-state index in [9.17, 15) is 14.4 Å². The number of thioether (sulfide) groups is 1. The Morgan fingerprint density at radius 3 is 2.56 bits per heavy atom. The first-order valence-corrected chi connectivity index (χ1v) is 10.5. The molecule has 0 fully saturated rings. The lowest BCUT2D eigenvalue weighted by Gasteiger charge is -2.09. The van der Waals surface area contributed by atoms with Crippen molar-refractivity contribution >= 4 is 34.3 Å². The molecule has 0 aliphatic rings. The largest absolute Gasteiger partial charge is 0.273 e. The molecule has 0 aliphatic carbocycles. The molecule has 0 saturated carbocycles. The van der Waals surface area contributed by atoms with Crippen molar-refractivity contribution in [2.24, 2.45) is 0 Å². The zero-order chi connectivity index (χ0) is 22.5. The number of hydrogen-bond acceptors (Lipinski definition) is 8. The SMILES string of the molecule is Cc1ccccc1-n1nnnc1SCC(=O)NNC(=O)Cc1n[nH]c(=O)c2ccccc12. The van der Waals surface area contributed by atoms with Gasteiger partial charge in [0.2, 0.25) is 17.0 Å². The highest BCUT2D eigenvalue weighted by molar-refractivity contribution is 7.99. The van der Waals surface area contributed by atoms with Crippen LogP contribution in [-0.4, -0.2) is 48.0 Å². The summed E-state index contributed by atoms with van der Waals surface area (Å²) in [6.45, 7) is 1.94. The highest BCUT2D eigenvalue weighted by Crippen LogP contribution is 2.20. The fourth-order valence-corrected chi connectivity index (χ4v) is 3.71. The third kappa shape index (κ3) is 4.64. The van der Waals surface area contributed by atoms with E-state index in [4.69, 9.17) is 0 Å². The van der Waals surface area contributed by atoms with E-state index in [1.165, 1.54) is 0 Å². The van der Waals surface area contributed by atoms with Gasteiger partial charge in [0.1, 0.15) is 0 Å². The van der Waals surface area contributed by atoms with Crippen LogP contribution in [0.1, 0.15) is 11.3 Å². The van der Waals surface area contributed by atoms with E-state index in [1.54, 1.807) is 28.9 Å². The van der Waals surface area contributed by atoms with Gasteiger partial charge in [-0.3, -0.25) is 25.2 Å². The zero-order valence-corrected chi connectivity index (χ0v) is 17.7. The molecule has 2 aromatic heterocycles. The highest BCUT2D eigenvalue weighted by atomic mass is 32.2. The summed E-state index contributed by atoms with van der Waals surface area (Å²) in [4.78, 5) is 36.3. The normalized spacial score (nSPS) is 10.8. The molecule has 0 spiro atoms. The van der Waals surface area contributed by atoms with Crippen molar-refractivity contribution in [1.29, 1.82) is 0 Å². The fourth-order valence-electron chi connectivity index (χ4n) is 3.03. The van der Waals surface area contributed by atoms with Gasteiger partial charge in [-0.25, -0.2) is 5.10 Å². The van der Waals surface area contributed by atoms with Crippen LogP contribution in [0, 0.1) is 6.92 Å². The molecule has 32 heavy (non-hydrogen) atoms.